The molecule has 5 aliphatic rings. The molecule has 12 atom stereocenters. The van der Waals surface area contributed by atoms with E-state index in [0.29, 0.717) is 17.6 Å². The Morgan fingerprint density at radius 2 is 1.08 bits per heavy atom. The van der Waals surface area contributed by atoms with E-state index in [1.54, 1.807) is 129 Å². The number of nitrogens with zero attached hydrogens (tertiary/aromatic N) is 2. The maximum atomic E-state index is 14.2. The van der Waals surface area contributed by atoms with E-state index >= 15 is 0 Å². The standard InChI is InChI=1S/C31H38N3O9P.C31H36N3O9P.2CH4/c2*1-20-12-14-24(15-13-20)43-44(37,33-21(2)30(36)38-18-22-9-6-5-7-10-22)39-19-25-26-27(42-31(3,4)41-26)29(40-25)34-16-8-11-23(17-34)28(32)35;;/h5-10,12-17,21,25-27,29H,11,18-19H2,1-4H3,(H2,32,35)(H,33,37);5-17,21,25-27,29H,18-19H2,1-4H3,(H2-,32,33,35,37);2*1H4/p+1/t2*21?,25?,26-,27-,29-,44?;;/m11../s1. The zero-order valence-electron chi connectivity index (χ0n) is 50.0. The molecule has 90 heavy (non-hydrogen) atoms. The Morgan fingerprint density at radius 3 is 1.56 bits per heavy atom. The van der Waals surface area contributed by atoms with Gasteiger partial charge in [-0.05, 0) is 103 Å². The first-order valence-corrected chi connectivity index (χ1v) is 31.7. The summed E-state index contributed by atoms with van der Waals surface area (Å²) in [7, 11) is -8.38. The summed E-state index contributed by atoms with van der Waals surface area (Å²) in [5.41, 5.74) is 15.3. The van der Waals surface area contributed by atoms with Crippen LogP contribution in [0.4, 0.5) is 0 Å². The van der Waals surface area contributed by atoms with Crippen molar-refractivity contribution in [2.45, 2.75) is 163 Å². The number of esters is 2. The molecule has 2 amide bonds. The monoisotopic (exact) mass is 1290 g/mol. The van der Waals surface area contributed by atoms with E-state index in [0.717, 1.165) is 22.3 Å². The second kappa shape index (κ2) is 30.3. The fraction of sp³-hybridized carbons (Fsp3) is 0.422. The van der Waals surface area contributed by atoms with Gasteiger partial charge >= 0.3 is 27.4 Å². The molecule has 5 aliphatic heterocycles. The average molecular weight is 1290 g/mol. The third-order valence-electron chi connectivity index (χ3n) is 14.4. The number of amides is 2. The van der Waals surface area contributed by atoms with Gasteiger partial charge in [0.2, 0.25) is 5.91 Å². The van der Waals surface area contributed by atoms with Gasteiger partial charge in [-0.15, -0.1) is 0 Å². The molecule has 5 aromatic rings. The topological polar surface area (TPSA) is 296 Å². The van der Waals surface area contributed by atoms with Gasteiger partial charge in [0.15, 0.2) is 36.3 Å². The first-order valence-electron chi connectivity index (χ1n) is 28.6. The van der Waals surface area contributed by atoms with Crippen molar-refractivity contribution in [3.05, 3.63) is 186 Å². The van der Waals surface area contributed by atoms with E-state index in [1.165, 1.54) is 13.8 Å². The number of aryl methyl sites for hydroxylation is 2. The van der Waals surface area contributed by atoms with E-state index in [1.807, 2.05) is 74.5 Å². The quantitative estimate of drug-likeness (QED) is 0.0254. The zero-order valence-corrected chi connectivity index (χ0v) is 51.8. The second-order valence-corrected chi connectivity index (χ2v) is 25.9. The van der Waals surface area contributed by atoms with Crippen molar-refractivity contribution in [2.24, 2.45) is 11.5 Å². The first-order chi connectivity index (χ1) is 41.8. The number of rotatable bonds is 24. The average Bonchev–Trinajstić information content (AvgIpc) is 1.63. The van der Waals surface area contributed by atoms with Gasteiger partial charge in [-0.25, -0.2) is 9.13 Å². The minimum Gasteiger partial charge on any atom is -0.460 e. The fourth-order valence-corrected chi connectivity index (χ4v) is 13.1. The Labute approximate surface area is 525 Å². The maximum absolute atomic E-state index is 14.2. The molecule has 1 aromatic heterocycles. The summed E-state index contributed by atoms with van der Waals surface area (Å²) in [4.78, 5) is 51.0. The number of allylic oxidation sites excluding steroid dienone is 1. The highest BCUT2D eigenvalue weighted by Crippen LogP contribution is 2.50. The Kier molecular flexibility index (Phi) is 23.7. The summed E-state index contributed by atoms with van der Waals surface area (Å²) in [6.07, 6.45) is 3.65. The Bertz CT molecular complexity index is 3410. The van der Waals surface area contributed by atoms with Crippen LogP contribution in [0, 0.1) is 13.8 Å². The largest absolute Gasteiger partial charge is 0.460 e. The summed E-state index contributed by atoms with van der Waals surface area (Å²) in [5, 5.41) is 5.42. The predicted octanol–water partition coefficient (Wildman–Crippen LogP) is 9.05. The highest BCUT2D eigenvalue weighted by Gasteiger charge is 2.60. The third kappa shape index (κ3) is 18.5. The van der Waals surface area contributed by atoms with Crippen LogP contribution in [0.5, 0.6) is 11.5 Å². The molecule has 6 heterocycles. The molecular formula is C64H83N6O18P2+. The van der Waals surface area contributed by atoms with Gasteiger partial charge in [0, 0.05) is 24.0 Å². The van der Waals surface area contributed by atoms with E-state index in [2.05, 4.69) is 10.2 Å². The summed E-state index contributed by atoms with van der Waals surface area (Å²) in [6.45, 7) is 13.6. The van der Waals surface area contributed by atoms with Gasteiger partial charge in [-0.1, -0.05) is 117 Å². The number of hydrogen-bond donors (Lipinski definition) is 4. The molecule has 486 valence electrons. The summed E-state index contributed by atoms with van der Waals surface area (Å²) in [5.74, 6) is -3.70. The van der Waals surface area contributed by atoms with Gasteiger partial charge in [0.25, 0.3) is 12.1 Å². The molecule has 4 saturated heterocycles. The van der Waals surface area contributed by atoms with Crippen LogP contribution in [0.3, 0.4) is 0 Å². The van der Waals surface area contributed by atoms with Crippen molar-refractivity contribution >= 4 is 39.2 Å². The maximum Gasteiger partial charge on any atom is 0.459 e. The van der Waals surface area contributed by atoms with E-state index < -0.39 is 112 Å². The normalized spacial score (nSPS) is 24.5. The molecule has 26 heteroatoms. The molecule has 10 rings (SSSR count). The van der Waals surface area contributed by atoms with E-state index in [9.17, 15) is 28.3 Å². The van der Waals surface area contributed by atoms with Crippen molar-refractivity contribution in [3.63, 3.8) is 0 Å². The summed E-state index contributed by atoms with van der Waals surface area (Å²) in [6, 6.07) is 33.5. The molecule has 6 N–H and O–H groups in total. The van der Waals surface area contributed by atoms with Crippen LogP contribution in [-0.2, 0) is 83.7 Å². The number of nitrogens with two attached hydrogens (primary N) is 2. The lowest BCUT2D eigenvalue weighted by atomic mass is 10.1. The molecule has 0 saturated carbocycles. The molecule has 0 bridgehead atoms. The van der Waals surface area contributed by atoms with Crippen LogP contribution in [0.2, 0.25) is 0 Å². The van der Waals surface area contributed by atoms with Crippen LogP contribution < -0.4 is 35.3 Å². The van der Waals surface area contributed by atoms with Gasteiger partial charge < -0.3 is 63.3 Å². The number of benzene rings is 4. The minimum absolute atomic E-state index is 0. The van der Waals surface area contributed by atoms with Crippen LogP contribution in [-0.4, -0.2) is 108 Å². The van der Waals surface area contributed by atoms with Gasteiger partial charge in [0.1, 0.15) is 72.9 Å². The van der Waals surface area contributed by atoms with Crippen molar-refractivity contribution in [1.82, 2.24) is 15.1 Å². The lowest BCUT2D eigenvalue weighted by Gasteiger charge is -2.31. The van der Waals surface area contributed by atoms with Crippen molar-refractivity contribution < 1.29 is 88.9 Å². The Balaban J connectivity index is 0.000000250. The van der Waals surface area contributed by atoms with Crippen molar-refractivity contribution in [2.75, 3.05) is 13.2 Å². The lowest BCUT2D eigenvalue weighted by molar-refractivity contribution is -0.766. The number of nitrogens with one attached hydrogen (secondary N) is 2. The van der Waals surface area contributed by atoms with Gasteiger partial charge in [0.05, 0.1) is 13.2 Å². The number of primary amides is 2. The van der Waals surface area contributed by atoms with Crippen molar-refractivity contribution in [3.8, 4) is 11.5 Å². The number of carbonyl (C=O) groups excluding carboxylic acids is 4. The number of ether oxygens (including phenoxy) is 8. The summed E-state index contributed by atoms with van der Waals surface area (Å²) >= 11 is 0. The van der Waals surface area contributed by atoms with E-state index in [-0.39, 0.29) is 52.8 Å². The van der Waals surface area contributed by atoms with Gasteiger partial charge in [-0.3, -0.25) is 28.2 Å². The predicted molar refractivity (Wildman–Crippen MR) is 330 cm³/mol. The molecule has 0 spiro atoms. The van der Waals surface area contributed by atoms with Crippen LogP contribution >= 0.6 is 15.5 Å². The second-order valence-electron chi connectivity index (χ2n) is 22.5. The minimum atomic E-state index is -4.19. The molecule has 24 nitrogen and oxygen atoms in total. The molecule has 6 unspecified atom stereocenters. The Morgan fingerprint density at radius 1 is 0.622 bits per heavy atom. The number of carbonyl (C=O) groups is 4. The number of fused-ring (bicyclic) bond motifs is 2. The number of aromatic nitrogens is 1. The van der Waals surface area contributed by atoms with Crippen LogP contribution in [0.25, 0.3) is 0 Å². The van der Waals surface area contributed by atoms with Gasteiger partial charge in [-0.2, -0.15) is 14.7 Å². The lowest BCUT2D eigenvalue weighted by Crippen LogP contribution is -2.46. The highest BCUT2D eigenvalue weighted by molar-refractivity contribution is 7.52. The molecular weight excluding hydrogens is 1200 g/mol. The number of hydrogen-bond acceptors (Lipinski definition) is 19. The van der Waals surface area contributed by atoms with Crippen molar-refractivity contribution in [1.29, 1.82) is 0 Å². The third-order valence-corrected chi connectivity index (χ3v) is 17.6. The smallest absolute Gasteiger partial charge is 0.459 e. The van der Waals surface area contributed by atoms with E-state index in [4.69, 9.17) is 67.5 Å². The molecule has 4 fully saturated rings. The SMILES string of the molecule is C.C.Cc1ccc(OP(=O)(NC(C)C(=O)OCc2ccccc2)OCC2O[C@@H](N3C=CCC(C(N)=O)=C3)[C@@H]3OC(C)(C)O[C@H]23)cc1.Cc1ccc(OP(=O)(NC(C)C(=O)OCc2ccccc2)OCC2O[C@@H]([n+]3cccc(C(N)=O)c3)[C@@H]3OC(C)(C)O[C@H]23)cc1. The molecule has 0 aliphatic carbocycles. The van der Waals surface area contributed by atoms with Crippen LogP contribution in [0.15, 0.2) is 158 Å². The highest BCUT2D eigenvalue weighted by atomic mass is 31.2. The molecule has 0 radical (unpaired) electrons. The number of pyridine rings is 1. The fourth-order valence-electron chi connectivity index (χ4n) is 10.0. The molecule has 4 aromatic carbocycles. The zero-order chi connectivity index (χ0) is 63.0. The summed E-state index contributed by atoms with van der Waals surface area (Å²) < 4.78 is 102. The van der Waals surface area contributed by atoms with Crippen LogP contribution in [0.1, 0.15) is 102 Å². The first kappa shape index (κ1) is 70.3. The Hall–Kier alpha value is -7.15.